The van der Waals surface area contributed by atoms with Crippen LogP contribution in [-0.4, -0.2) is 12.5 Å². The van der Waals surface area contributed by atoms with Crippen molar-refractivity contribution in [2.24, 2.45) is 0 Å². The van der Waals surface area contributed by atoms with Gasteiger partial charge in [0.15, 0.2) is 5.78 Å². The third-order valence-electron chi connectivity index (χ3n) is 4.17. The SMILES string of the molecule is Cc1ccc(C(=O)CB(c2ccccc2)c2ccccc2)cc1. The van der Waals surface area contributed by atoms with Crippen molar-refractivity contribution in [3.8, 4) is 0 Å². The van der Waals surface area contributed by atoms with Crippen molar-refractivity contribution in [3.05, 3.63) is 96.1 Å². The van der Waals surface area contributed by atoms with E-state index in [0.717, 1.165) is 5.56 Å². The maximum atomic E-state index is 12.7. The Morgan fingerprint density at radius 2 is 1.22 bits per heavy atom. The first kappa shape index (κ1) is 15.3. The smallest absolute Gasteiger partial charge is 0.216 e. The molecular formula is C21H19BO. The van der Waals surface area contributed by atoms with Gasteiger partial charge in [0.2, 0.25) is 6.71 Å². The summed E-state index contributed by atoms with van der Waals surface area (Å²) in [5.74, 6) is 0.183. The summed E-state index contributed by atoms with van der Waals surface area (Å²) < 4.78 is 0. The van der Waals surface area contributed by atoms with Crippen LogP contribution in [0.4, 0.5) is 0 Å². The van der Waals surface area contributed by atoms with E-state index in [-0.39, 0.29) is 12.5 Å². The highest BCUT2D eigenvalue weighted by molar-refractivity contribution is 6.87. The monoisotopic (exact) mass is 298 g/mol. The Morgan fingerprint density at radius 3 is 1.70 bits per heavy atom. The molecule has 0 unspecified atom stereocenters. The number of rotatable bonds is 5. The highest BCUT2D eigenvalue weighted by Gasteiger charge is 2.22. The lowest BCUT2D eigenvalue weighted by molar-refractivity contribution is 0.101. The van der Waals surface area contributed by atoms with Crippen LogP contribution in [0.15, 0.2) is 84.9 Å². The third kappa shape index (κ3) is 3.78. The van der Waals surface area contributed by atoms with E-state index in [4.69, 9.17) is 0 Å². The molecule has 0 amide bonds. The van der Waals surface area contributed by atoms with Gasteiger partial charge in [0.25, 0.3) is 0 Å². The molecule has 23 heavy (non-hydrogen) atoms. The Balaban J connectivity index is 1.90. The maximum Gasteiger partial charge on any atom is 0.216 e. The van der Waals surface area contributed by atoms with Crippen molar-refractivity contribution < 1.29 is 4.79 Å². The minimum atomic E-state index is 0.0891. The number of carbonyl (C=O) groups is 1. The van der Waals surface area contributed by atoms with E-state index in [1.165, 1.54) is 16.5 Å². The van der Waals surface area contributed by atoms with Gasteiger partial charge >= 0.3 is 0 Å². The largest absolute Gasteiger partial charge is 0.295 e. The first-order valence-electron chi connectivity index (χ1n) is 7.94. The van der Waals surface area contributed by atoms with Crippen molar-refractivity contribution in [2.75, 3.05) is 0 Å². The quantitative estimate of drug-likeness (QED) is 0.520. The van der Waals surface area contributed by atoms with Gasteiger partial charge in [-0.15, -0.1) is 0 Å². The van der Waals surface area contributed by atoms with Gasteiger partial charge in [-0.3, -0.25) is 4.79 Å². The van der Waals surface area contributed by atoms with Gasteiger partial charge in [-0.2, -0.15) is 0 Å². The lowest BCUT2D eigenvalue weighted by Gasteiger charge is -2.14. The van der Waals surface area contributed by atoms with Gasteiger partial charge in [-0.05, 0) is 13.2 Å². The molecule has 0 aliphatic heterocycles. The van der Waals surface area contributed by atoms with Gasteiger partial charge in [0.1, 0.15) is 0 Å². The summed E-state index contributed by atoms with van der Waals surface area (Å²) in [5, 5.41) is 0. The van der Waals surface area contributed by atoms with Crippen molar-refractivity contribution in [2.45, 2.75) is 13.2 Å². The highest BCUT2D eigenvalue weighted by Crippen LogP contribution is 2.09. The van der Waals surface area contributed by atoms with Crippen LogP contribution in [0, 0.1) is 6.92 Å². The van der Waals surface area contributed by atoms with Crippen LogP contribution in [-0.2, 0) is 0 Å². The molecule has 0 spiro atoms. The number of aryl methyl sites for hydroxylation is 1. The minimum Gasteiger partial charge on any atom is -0.295 e. The molecule has 0 fully saturated rings. The summed E-state index contributed by atoms with van der Waals surface area (Å²) in [4.78, 5) is 12.7. The summed E-state index contributed by atoms with van der Waals surface area (Å²) >= 11 is 0. The molecule has 112 valence electrons. The molecule has 0 aliphatic rings. The first-order chi connectivity index (χ1) is 11.2. The van der Waals surface area contributed by atoms with Crippen LogP contribution in [0.2, 0.25) is 6.32 Å². The van der Waals surface area contributed by atoms with Crippen molar-refractivity contribution in [1.29, 1.82) is 0 Å². The molecule has 0 radical (unpaired) electrons. The Bertz CT molecular complexity index is 724. The second-order valence-corrected chi connectivity index (χ2v) is 5.87. The fraction of sp³-hybridized carbons (Fsp3) is 0.0952. The van der Waals surface area contributed by atoms with Crippen LogP contribution >= 0.6 is 0 Å². The summed E-state index contributed by atoms with van der Waals surface area (Å²) in [7, 11) is 0. The van der Waals surface area contributed by atoms with Gasteiger partial charge in [-0.1, -0.05) is 101 Å². The van der Waals surface area contributed by atoms with Crippen LogP contribution in [0.1, 0.15) is 15.9 Å². The molecule has 0 saturated carbocycles. The van der Waals surface area contributed by atoms with E-state index in [0.29, 0.717) is 6.32 Å². The van der Waals surface area contributed by atoms with Crippen molar-refractivity contribution in [3.63, 3.8) is 0 Å². The zero-order valence-electron chi connectivity index (χ0n) is 13.3. The number of ketones is 1. The second kappa shape index (κ2) is 7.10. The topological polar surface area (TPSA) is 17.1 Å². The normalized spacial score (nSPS) is 10.3. The Morgan fingerprint density at radius 1 is 0.739 bits per heavy atom. The highest BCUT2D eigenvalue weighted by atomic mass is 16.1. The molecule has 0 atom stereocenters. The summed E-state index contributed by atoms with van der Waals surface area (Å²) in [6.07, 6.45) is 0.483. The molecule has 0 aliphatic carbocycles. The van der Waals surface area contributed by atoms with E-state index in [1.54, 1.807) is 0 Å². The molecule has 3 aromatic rings. The molecule has 3 rings (SSSR count). The number of Topliss-reactive ketones (excluding diaryl/α,β-unsaturated/α-hetero) is 1. The fourth-order valence-corrected chi connectivity index (χ4v) is 2.84. The number of benzene rings is 3. The zero-order chi connectivity index (χ0) is 16.1. The van der Waals surface area contributed by atoms with E-state index >= 15 is 0 Å². The molecular weight excluding hydrogens is 279 g/mol. The van der Waals surface area contributed by atoms with Crippen LogP contribution < -0.4 is 10.9 Å². The van der Waals surface area contributed by atoms with Gasteiger partial charge in [-0.25, -0.2) is 0 Å². The summed E-state index contributed by atoms with van der Waals surface area (Å²) in [6.45, 7) is 2.12. The molecule has 2 heteroatoms. The van der Waals surface area contributed by atoms with Crippen LogP contribution in [0.3, 0.4) is 0 Å². The van der Waals surface area contributed by atoms with E-state index in [1.807, 2.05) is 67.6 Å². The van der Waals surface area contributed by atoms with E-state index < -0.39 is 0 Å². The predicted octanol–water partition coefficient (Wildman–Crippen LogP) is 3.49. The molecule has 3 aromatic carbocycles. The maximum absolute atomic E-state index is 12.7. The average Bonchev–Trinajstić information content (AvgIpc) is 2.61. The van der Waals surface area contributed by atoms with Gasteiger partial charge < -0.3 is 0 Å². The van der Waals surface area contributed by atoms with Crippen molar-refractivity contribution >= 4 is 23.4 Å². The third-order valence-corrected chi connectivity index (χ3v) is 4.17. The Kier molecular flexibility index (Phi) is 4.72. The molecule has 0 bridgehead atoms. The average molecular weight is 298 g/mol. The lowest BCUT2D eigenvalue weighted by Crippen LogP contribution is -2.43. The van der Waals surface area contributed by atoms with Crippen LogP contribution in [0.5, 0.6) is 0 Å². The number of hydrogen-bond acceptors (Lipinski definition) is 1. The molecule has 1 nitrogen and oxygen atoms in total. The number of hydrogen-bond donors (Lipinski definition) is 0. The van der Waals surface area contributed by atoms with E-state index in [2.05, 4.69) is 24.3 Å². The molecule has 0 heterocycles. The second-order valence-electron chi connectivity index (χ2n) is 5.87. The summed E-state index contributed by atoms with van der Waals surface area (Å²) in [5.41, 5.74) is 4.31. The summed E-state index contributed by atoms with van der Waals surface area (Å²) in [6, 6.07) is 28.4. The fourth-order valence-electron chi connectivity index (χ4n) is 2.84. The van der Waals surface area contributed by atoms with E-state index in [9.17, 15) is 4.79 Å². The molecule has 0 saturated heterocycles. The lowest BCUT2D eigenvalue weighted by atomic mass is 9.38. The predicted molar refractivity (Wildman–Crippen MR) is 98.2 cm³/mol. The van der Waals surface area contributed by atoms with Crippen LogP contribution in [0.25, 0.3) is 0 Å². The zero-order valence-corrected chi connectivity index (χ0v) is 13.3. The Hall–Kier alpha value is -2.61. The standard InChI is InChI=1S/C21H19BO/c1-17-12-14-18(15-13-17)21(23)16-22(19-8-4-2-5-9-19)20-10-6-3-7-11-20/h2-15H,16H2,1H3. The van der Waals surface area contributed by atoms with Gasteiger partial charge in [0.05, 0.1) is 0 Å². The van der Waals surface area contributed by atoms with Gasteiger partial charge in [0, 0.05) is 5.56 Å². The first-order valence-corrected chi connectivity index (χ1v) is 7.94. The minimum absolute atomic E-state index is 0.0891. The Labute approximate surface area is 138 Å². The molecule has 0 N–H and O–H groups in total. The van der Waals surface area contributed by atoms with Crippen molar-refractivity contribution in [1.82, 2.24) is 0 Å². The number of carbonyl (C=O) groups excluding carboxylic acids is 1. The molecule has 0 aromatic heterocycles.